The molecule has 0 aliphatic rings. The van der Waals surface area contributed by atoms with E-state index < -0.39 is 16.6 Å². The van der Waals surface area contributed by atoms with Crippen LogP contribution in [0.5, 0.6) is 0 Å². The molecule has 0 amide bonds. The van der Waals surface area contributed by atoms with Crippen molar-refractivity contribution in [1.82, 2.24) is 25.0 Å². The van der Waals surface area contributed by atoms with E-state index in [1.54, 1.807) is 18.7 Å². The number of aromatic nitrogens is 5. The maximum atomic E-state index is 11.2. The molecule has 3 rings (SSSR count). The van der Waals surface area contributed by atoms with Crippen LogP contribution in [0.4, 0.5) is 0 Å². The third kappa shape index (κ3) is 15.6. The lowest BCUT2D eigenvalue weighted by molar-refractivity contribution is -0.117. The van der Waals surface area contributed by atoms with Gasteiger partial charge in [-0.15, -0.1) is 5.10 Å². The lowest BCUT2D eigenvalue weighted by Crippen LogP contribution is -2.46. The van der Waals surface area contributed by atoms with E-state index >= 15 is 0 Å². The number of thioether (sulfide) groups is 1. The minimum Gasteiger partial charge on any atom is -0.455 e. The molecule has 0 aliphatic carbocycles. The van der Waals surface area contributed by atoms with Gasteiger partial charge in [0.25, 0.3) is 0 Å². The average molecular weight is 660 g/mol. The van der Waals surface area contributed by atoms with Crippen molar-refractivity contribution in [2.45, 2.75) is 83.1 Å². The third-order valence-corrected chi connectivity index (χ3v) is 16.4. The van der Waals surface area contributed by atoms with Crippen molar-refractivity contribution in [2.75, 3.05) is 38.4 Å². The molecule has 1 aromatic carbocycles. The number of hydrogen-bond acceptors (Lipinski definition) is 10. The number of hydrogen-bond donors (Lipinski definition) is 0. The van der Waals surface area contributed by atoms with Crippen molar-refractivity contribution in [3.63, 3.8) is 0 Å². The highest BCUT2D eigenvalue weighted by Crippen LogP contribution is 2.25. The predicted octanol–water partition coefficient (Wildman–Crippen LogP) is 5.73. The van der Waals surface area contributed by atoms with Crippen molar-refractivity contribution in [1.29, 1.82) is 0 Å². The Kier molecular flexibility index (Phi) is 15.9. The van der Waals surface area contributed by atoms with Gasteiger partial charge in [-0.25, -0.2) is 14.6 Å². The first-order valence-corrected chi connectivity index (χ1v) is 22.6. The molecular formula is C31H49N5O5SSi2. The first-order valence-electron chi connectivity index (χ1n) is 15.4. The minimum atomic E-state index is -1.87. The lowest BCUT2D eigenvalue weighted by Gasteiger charge is -2.33. The zero-order chi connectivity index (χ0) is 31.7. The molecular weight excluding hydrogens is 611 g/mol. The van der Waals surface area contributed by atoms with Gasteiger partial charge >= 0.3 is 0 Å². The van der Waals surface area contributed by atoms with Gasteiger partial charge in [-0.3, -0.25) is 0 Å². The smallest absolute Gasteiger partial charge is 0.187 e. The second-order valence-corrected chi connectivity index (χ2v) is 22.3. The highest BCUT2D eigenvalue weighted by molar-refractivity contribution is 8.00. The molecule has 0 saturated carbocycles. The molecule has 10 nitrogen and oxygen atoms in total. The summed E-state index contributed by atoms with van der Waals surface area (Å²) in [5.74, 6) is 0.269. The molecule has 0 bridgehead atoms. The summed E-state index contributed by atoms with van der Waals surface area (Å²) < 4.78 is 25.5. The minimum absolute atomic E-state index is 0.269. The highest BCUT2D eigenvalue weighted by Gasteiger charge is 2.33. The standard InChI is InChI=1S/C31H49N5O5SSi2/c1-27(37)11-9-10-20-43(2,3)41-44(4,5)26-42-31-32-22-29(23-33-31)25-40-19-18-39-17-16-38-15-14-36-24-30(34-35-36)21-28-12-7-6-8-13-28/h6-8,12-13,22-24H,9-11,14-21,25-26H2,1-5H3. The topological polar surface area (TPSA) is 110 Å². The number of nitrogens with zero attached hydrogens (tertiary/aromatic N) is 5. The number of Topliss-reactive ketones (excluding diaryl/α,β-unsaturated/α-hetero) is 1. The monoisotopic (exact) mass is 659 g/mol. The van der Waals surface area contributed by atoms with Crippen LogP contribution in [0.1, 0.15) is 43.0 Å². The third-order valence-electron chi connectivity index (χ3n) is 6.63. The molecule has 0 saturated heterocycles. The largest absolute Gasteiger partial charge is 0.455 e. The van der Waals surface area contributed by atoms with Crippen molar-refractivity contribution >= 4 is 34.2 Å². The van der Waals surface area contributed by atoms with Crippen LogP contribution < -0.4 is 0 Å². The van der Waals surface area contributed by atoms with Crippen LogP contribution in [0.2, 0.25) is 32.2 Å². The Morgan fingerprint density at radius 1 is 0.864 bits per heavy atom. The molecule has 2 aromatic heterocycles. The van der Waals surface area contributed by atoms with Gasteiger partial charge in [0.05, 0.1) is 51.9 Å². The Morgan fingerprint density at radius 3 is 2.25 bits per heavy atom. The summed E-state index contributed by atoms with van der Waals surface area (Å²) >= 11 is 1.66. The molecule has 0 atom stereocenters. The van der Waals surface area contributed by atoms with Gasteiger partial charge in [0.2, 0.25) is 0 Å². The fourth-order valence-electron chi connectivity index (χ4n) is 4.61. The van der Waals surface area contributed by atoms with Crippen molar-refractivity contribution in [3.05, 3.63) is 65.7 Å². The van der Waals surface area contributed by atoms with Gasteiger partial charge < -0.3 is 23.1 Å². The van der Waals surface area contributed by atoms with E-state index in [1.165, 1.54) is 5.56 Å². The predicted molar refractivity (Wildman–Crippen MR) is 179 cm³/mol. The second kappa shape index (κ2) is 19.3. The number of ether oxygens (including phenoxy) is 3. The Hall–Kier alpha value is -2.27. The summed E-state index contributed by atoms with van der Waals surface area (Å²) in [6.45, 7) is 14.4. The molecule has 13 heteroatoms. The van der Waals surface area contributed by atoms with Crippen LogP contribution in [-0.4, -0.2) is 85.8 Å². The zero-order valence-electron chi connectivity index (χ0n) is 27.0. The molecule has 0 fully saturated rings. The fraction of sp³-hybridized carbons (Fsp3) is 0.581. The van der Waals surface area contributed by atoms with Crippen molar-refractivity contribution in [2.24, 2.45) is 0 Å². The summed E-state index contributed by atoms with van der Waals surface area (Å²) in [7, 11) is -3.62. The van der Waals surface area contributed by atoms with Crippen LogP contribution in [0.15, 0.2) is 54.1 Å². The first-order chi connectivity index (χ1) is 21.1. The zero-order valence-corrected chi connectivity index (χ0v) is 29.8. The van der Waals surface area contributed by atoms with Gasteiger partial charge in [0.1, 0.15) is 5.78 Å². The Labute approximate surface area is 268 Å². The van der Waals surface area contributed by atoms with Crippen LogP contribution in [0, 0.1) is 0 Å². The quantitative estimate of drug-likeness (QED) is 0.0542. The molecule has 0 spiro atoms. The van der Waals surface area contributed by atoms with E-state index in [0.29, 0.717) is 52.6 Å². The van der Waals surface area contributed by atoms with E-state index in [4.69, 9.17) is 18.3 Å². The maximum absolute atomic E-state index is 11.2. The van der Waals surface area contributed by atoms with Crippen LogP contribution in [0.3, 0.4) is 0 Å². The van der Waals surface area contributed by atoms with Gasteiger partial charge in [-0.2, -0.15) is 0 Å². The van der Waals surface area contributed by atoms with E-state index in [2.05, 4.69) is 58.6 Å². The van der Waals surface area contributed by atoms with Crippen LogP contribution in [0.25, 0.3) is 0 Å². The van der Waals surface area contributed by atoms with Crippen molar-refractivity contribution < 1.29 is 23.1 Å². The number of ketones is 1. The number of carbonyl (C=O) groups excluding carboxylic acids is 1. The molecule has 242 valence electrons. The van der Waals surface area contributed by atoms with E-state index in [0.717, 1.165) is 47.1 Å². The Balaban J connectivity index is 1.19. The highest BCUT2D eigenvalue weighted by atomic mass is 32.2. The van der Waals surface area contributed by atoms with Crippen LogP contribution >= 0.6 is 11.8 Å². The average Bonchev–Trinajstić information content (AvgIpc) is 3.42. The molecule has 0 radical (unpaired) electrons. The van der Waals surface area contributed by atoms with Gasteiger partial charge in [0, 0.05) is 42.4 Å². The summed E-state index contributed by atoms with van der Waals surface area (Å²) in [5, 5.41) is 10.1. The van der Waals surface area contributed by atoms with E-state index in [1.807, 2.05) is 41.5 Å². The molecule has 3 aromatic rings. The Morgan fingerprint density at radius 2 is 1.55 bits per heavy atom. The summed E-state index contributed by atoms with van der Waals surface area (Å²) in [6.07, 6.45) is 9.09. The normalized spacial score (nSPS) is 12.1. The number of benzene rings is 1. The molecule has 0 unspecified atom stereocenters. The first kappa shape index (κ1) is 36.2. The summed E-state index contributed by atoms with van der Waals surface area (Å²) in [6, 6.07) is 11.3. The van der Waals surface area contributed by atoms with Gasteiger partial charge in [-0.1, -0.05) is 53.7 Å². The van der Waals surface area contributed by atoms with Crippen LogP contribution in [-0.2, 0) is 42.7 Å². The van der Waals surface area contributed by atoms with E-state index in [-0.39, 0.29) is 5.78 Å². The SMILES string of the molecule is CC(=O)CCCC[Si](C)(C)O[Si](C)(C)CSc1ncc(COCCOCCOCCn2cc(Cc3ccccc3)nn2)cn1. The maximum Gasteiger partial charge on any atom is 0.187 e. The fourth-order valence-corrected chi connectivity index (χ4v) is 15.0. The summed E-state index contributed by atoms with van der Waals surface area (Å²) in [4.78, 5) is 20.2. The van der Waals surface area contributed by atoms with Crippen molar-refractivity contribution in [3.8, 4) is 0 Å². The Bertz CT molecular complexity index is 1230. The molecule has 0 aliphatic heterocycles. The van der Waals surface area contributed by atoms with E-state index in [9.17, 15) is 4.79 Å². The number of rotatable bonds is 23. The second-order valence-electron chi connectivity index (χ2n) is 12.1. The molecule has 0 N–H and O–H groups in total. The van der Waals surface area contributed by atoms with Gasteiger partial charge in [-0.05, 0) is 51.1 Å². The lowest BCUT2D eigenvalue weighted by atomic mass is 10.1. The van der Waals surface area contributed by atoms with Gasteiger partial charge in [0.15, 0.2) is 21.8 Å². The number of carbonyl (C=O) groups is 1. The number of unbranched alkanes of at least 4 members (excludes halogenated alkanes) is 1. The molecule has 2 heterocycles. The summed E-state index contributed by atoms with van der Waals surface area (Å²) in [5.41, 5.74) is 3.10. The molecule has 44 heavy (non-hydrogen) atoms.